The maximum atomic E-state index is 12.4. The number of hydrogen-bond donors (Lipinski definition) is 2. The first-order valence-electron chi connectivity index (χ1n) is 8.29. The molecule has 0 unspecified atom stereocenters. The normalized spacial score (nSPS) is 18.1. The number of benzene rings is 2. The van der Waals surface area contributed by atoms with Gasteiger partial charge in [0.25, 0.3) is 0 Å². The number of rotatable bonds is 5. The van der Waals surface area contributed by atoms with Gasteiger partial charge in [-0.2, -0.15) is 0 Å². The van der Waals surface area contributed by atoms with E-state index in [1.54, 1.807) is 0 Å². The van der Waals surface area contributed by atoms with Crippen molar-refractivity contribution >= 4 is 11.6 Å². The molecule has 2 aromatic rings. The van der Waals surface area contributed by atoms with Gasteiger partial charge in [0.2, 0.25) is 5.91 Å². The molecule has 0 saturated carbocycles. The van der Waals surface area contributed by atoms with Crippen molar-refractivity contribution in [2.45, 2.75) is 13.0 Å². The van der Waals surface area contributed by atoms with Gasteiger partial charge in [-0.3, -0.25) is 9.69 Å². The summed E-state index contributed by atoms with van der Waals surface area (Å²) in [6.45, 7) is 5.25. The van der Waals surface area contributed by atoms with Crippen LogP contribution in [0.2, 0.25) is 0 Å². The summed E-state index contributed by atoms with van der Waals surface area (Å²) in [4.78, 5) is 14.6. The molecule has 0 radical (unpaired) electrons. The molecule has 0 spiro atoms. The van der Waals surface area contributed by atoms with Crippen LogP contribution in [-0.2, 0) is 4.79 Å². The van der Waals surface area contributed by atoms with Gasteiger partial charge in [-0.1, -0.05) is 30.3 Å². The van der Waals surface area contributed by atoms with E-state index in [2.05, 4.69) is 22.5 Å². The van der Waals surface area contributed by atoms with E-state index in [4.69, 9.17) is 4.74 Å². The standard InChI is InChI=1S/C19H23N3O2/c1-15-13-20-11-12-22(15)14-19(23)21-17-9-5-6-10-18(17)24-16-7-3-2-4-8-16/h2-10,15,20H,11-14H2,1H3,(H,21,23)/t15-/m1/s1. The molecular formula is C19H23N3O2. The van der Waals surface area contributed by atoms with E-state index in [-0.39, 0.29) is 5.91 Å². The molecule has 1 aliphatic rings. The van der Waals surface area contributed by atoms with Gasteiger partial charge in [-0.15, -0.1) is 0 Å². The summed E-state index contributed by atoms with van der Waals surface area (Å²) >= 11 is 0. The quantitative estimate of drug-likeness (QED) is 0.887. The zero-order chi connectivity index (χ0) is 16.8. The molecule has 1 heterocycles. The Kier molecular flexibility index (Phi) is 5.46. The molecule has 2 N–H and O–H groups in total. The number of amides is 1. The Balaban J connectivity index is 1.65. The number of nitrogens with one attached hydrogen (secondary N) is 2. The first-order valence-corrected chi connectivity index (χ1v) is 8.29. The molecule has 3 rings (SSSR count). The number of piperazine rings is 1. The fraction of sp³-hybridized carbons (Fsp3) is 0.316. The van der Waals surface area contributed by atoms with Crippen LogP contribution in [0.15, 0.2) is 54.6 Å². The lowest BCUT2D eigenvalue weighted by Crippen LogP contribution is -2.51. The second-order valence-corrected chi connectivity index (χ2v) is 5.98. The predicted octanol–water partition coefficient (Wildman–Crippen LogP) is 2.71. The minimum atomic E-state index is -0.0205. The van der Waals surface area contributed by atoms with Crippen LogP contribution in [0.4, 0.5) is 5.69 Å². The second-order valence-electron chi connectivity index (χ2n) is 5.98. The largest absolute Gasteiger partial charge is 0.455 e. The van der Waals surface area contributed by atoms with E-state index < -0.39 is 0 Å². The van der Waals surface area contributed by atoms with Crippen LogP contribution in [0.1, 0.15) is 6.92 Å². The van der Waals surface area contributed by atoms with Crippen molar-refractivity contribution < 1.29 is 9.53 Å². The molecule has 0 aliphatic carbocycles. The van der Waals surface area contributed by atoms with E-state index in [1.165, 1.54) is 0 Å². The molecule has 5 heteroatoms. The van der Waals surface area contributed by atoms with Gasteiger partial charge in [-0.25, -0.2) is 0 Å². The van der Waals surface area contributed by atoms with E-state index in [1.807, 2.05) is 54.6 Å². The van der Waals surface area contributed by atoms with Gasteiger partial charge in [-0.05, 0) is 31.2 Å². The van der Waals surface area contributed by atoms with Crippen LogP contribution in [0.25, 0.3) is 0 Å². The predicted molar refractivity (Wildman–Crippen MR) is 95.5 cm³/mol. The maximum absolute atomic E-state index is 12.4. The molecule has 1 fully saturated rings. The fourth-order valence-corrected chi connectivity index (χ4v) is 2.77. The highest BCUT2D eigenvalue weighted by atomic mass is 16.5. The van der Waals surface area contributed by atoms with Crippen LogP contribution in [0.3, 0.4) is 0 Å². The van der Waals surface area contributed by atoms with Crippen molar-refractivity contribution in [1.82, 2.24) is 10.2 Å². The van der Waals surface area contributed by atoms with Crippen LogP contribution in [-0.4, -0.2) is 43.0 Å². The highest BCUT2D eigenvalue weighted by Crippen LogP contribution is 2.29. The summed E-state index contributed by atoms with van der Waals surface area (Å²) < 4.78 is 5.88. The van der Waals surface area contributed by atoms with Gasteiger partial charge in [0.05, 0.1) is 12.2 Å². The summed E-state index contributed by atoms with van der Waals surface area (Å²) in [5.74, 6) is 1.37. The maximum Gasteiger partial charge on any atom is 0.238 e. The average molecular weight is 325 g/mol. The van der Waals surface area contributed by atoms with Crippen LogP contribution in [0.5, 0.6) is 11.5 Å². The van der Waals surface area contributed by atoms with Gasteiger partial charge in [0.15, 0.2) is 5.75 Å². The average Bonchev–Trinajstić information content (AvgIpc) is 2.60. The highest BCUT2D eigenvalue weighted by molar-refractivity contribution is 5.93. The van der Waals surface area contributed by atoms with Gasteiger partial charge < -0.3 is 15.4 Å². The molecule has 126 valence electrons. The third kappa shape index (κ3) is 4.34. The van der Waals surface area contributed by atoms with Gasteiger partial charge in [0, 0.05) is 25.7 Å². The van der Waals surface area contributed by atoms with E-state index in [0.29, 0.717) is 24.0 Å². The number of nitrogens with zero attached hydrogens (tertiary/aromatic N) is 1. The molecule has 0 bridgehead atoms. The Morgan fingerprint density at radius 3 is 2.75 bits per heavy atom. The number of para-hydroxylation sites is 3. The molecule has 0 aromatic heterocycles. The molecule has 1 atom stereocenters. The number of carbonyl (C=O) groups excluding carboxylic acids is 1. The lowest BCUT2D eigenvalue weighted by molar-refractivity contribution is -0.118. The zero-order valence-electron chi connectivity index (χ0n) is 13.9. The van der Waals surface area contributed by atoms with Gasteiger partial charge in [0.1, 0.15) is 5.75 Å². The smallest absolute Gasteiger partial charge is 0.238 e. The van der Waals surface area contributed by atoms with Crippen LogP contribution < -0.4 is 15.4 Å². The van der Waals surface area contributed by atoms with Crippen molar-refractivity contribution in [2.75, 3.05) is 31.5 Å². The highest BCUT2D eigenvalue weighted by Gasteiger charge is 2.20. The van der Waals surface area contributed by atoms with Crippen molar-refractivity contribution in [3.8, 4) is 11.5 Å². The third-order valence-corrected chi connectivity index (χ3v) is 4.12. The Morgan fingerprint density at radius 2 is 1.96 bits per heavy atom. The first-order chi connectivity index (χ1) is 11.7. The first kappa shape index (κ1) is 16.5. The Hall–Kier alpha value is -2.37. The summed E-state index contributed by atoms with van der Waals surface area (Å²) in [6, 6.07) is 17.4. The summed E-state index contributed by atoms with van der Waals surface area (Å²) in [5.41, 5.74) is 0.689. The van der Waals surface area contributed by atoms with Crippen molar-refractivity contribution in [1.29, 1.82) is 0 Å². The third-order valence-electron chi connectivity index (χ3n) is 4.12. The van der Waals surface area contributed by atoms with Crippen LogP contribution >= 0.6 is 0 Å². The minimum Gasteiger partial charge on any atom is -0.455 e. The van der Waals surface area contributed by atoms with Crippen LogP contribution in [0, 0.1) is 0 Å². The van der Waals surface area contributed by atoms with Crippen molar-refractivity contribution in [3.63, 3.8) is 0 Å². The number of hydrogen-bond acceptors (Lipinski definition) is 4. The van der Waals surface area contributed by atoms with E-state index >= 15 is 0 Å². The molecule has 1 amide bonds. The Labute approximate surface area is 142 Å². The molecule has 1 aliphatic heterocycles. The lowest BCUT2D eigenvalue weighted by Gasteiger charge is -2.33. The lowest BCUT2D eigenvalue weighted by atomic mass is 10.2. The molecular weight excluding hydrogens is 302 g/mol. The zero-order valence-corrected chi connectivity index (χ0v) is 13.9. The fourth-order valence-electron chi connectivity index (χ4n) is 2.77. The minimum absolute atomic E-state index is 0.0205. The van der Waals surface area contributed by atoms with E-state index in [9.17, 15) is 4.79 Å². The van der Waals surface area contributed by atoms with Gasteiger partial charge >= 0.3 is 0 Å². The molecule has 24 heavy (non-hydrogen) atoms. The Morgan fingerprint density at radius 1 is 1.21 bits per heavy atom. The molecule has 2 aromatic carbocycles. The summed E-state index contributed by atoms with van der Waals surface area (Å²) in [5, 5.41) is 6.30. The number of carbonyl (C=O) groups is 1. The van der Waals surface area contributed by atoms with Crippen molar-refractivity contribution in [3.05, 3.63) is 54.6 Å². The topological polar surface area (TPSA) is 53.6 Å². The second kappa shape index (κ2) is 7.95. The summed E-state index contributed by atoms with van der Waals surface area (Å²) in [7, 11) is 0. The Bertz CT molecular complexity index is 675. The summed E-state index contributed by atoms with van der Waals surface area (Å²) in [6.07, 6.45) is 0. The molecule has 1 saturated heterocycles. The monoisotopic (exact) mass is 325 g/mol. The molecule has 5 nitrogen and oxygen atoms in total. The SMILES string of the molecule is C[C@@H]1CNCCN1CC(=O)Nc1ccccc1Oc1ccccc1. The number of ether oxygens (including phenoxy) is 1. The number of anilines is 1. The van der Waals surface area contributed by atoms with Crippen molar-refractivity contribution in [2.24, 2.45) is 0 Å². The van der Waals surface area contributed by atoms with E-state index in [0.717, 1.165) is 25.4 Å².